The molecule has 4 aromatic carbocycles. The molecule has 9 rings (SSSR count). The molecular formula is C40H33IrN3O-2. The number of hydrogen-bond acceptors (Lipinski definition) is 3. The fourth-order valence-corrected chi connectivity index (χ4v) is 6.92. The van der Waals surface area contributed by atoms with E-state index in [1.54, 1.807) is 6.20 Å². The molecule has 0 atom stereocenters. The summed E-state index contributed by atoms with van der Waals surface area (Å²) in [5.41, 5.74) is 9.69. The Morgan fingerprint density at radius 2 is 1.69 bits per heavy atom. The maximum Gasteiger partial charge on any atom is 0.120 e. The number of fused-ring (bicyclic) bond motifs is 3. The van der Waals surface area contributed by atoms with Gasteiger partial charge in [0, 0.05) is 31.7 Å². The largest absolute Gasteiger partial charge is 0.501 e. The van der Waals surface area contributed by atoms with Crippen molar-refractivity contribution in [3.05, 3.63) is 127 Å². The maximum atomic E-state index is 5.97. The van der Waals surface area contributed by atoms with Gasteiger partial charge in [-0.2, -0.15) is 0 Å². The van der Waals surface area contributed by atoms with Gasteiger partial charge >= 0.3 is 0 Å². The van der Waals surface area contributed by atoms with E-state index in [0.29, 0.717) is 5.92 Å². The Labute approximate surface area is 277 Å². The first-order chi connectivity index (χ1) is 21.6. The van der Waals surface area contributed by atoms with E-state index in [1.807, 2.05) is 60.7 Å². The maximum absolute atomic E-state index is 5.97. The van der Waals surface area contributed by atoms with Crippen molar-refractivity contribution >= 4 is 39.0 Å². The van der Waals surface area contributed by atoms with Crippen molar-refractivity contribution in [3.8, 4) is 22.6 Å². The zero-order chi connectivity index (χ0) is 29.7. The van der Waals surface area contributed by atoms with E-state index in [9.17, 15) is 0 Å². The van der Waals surface area contributed by atoms with E-state index in [-0.39, 0.29) is 25.6 Å². The fraction of sp³-hybridized carbons (Fsp3) is 0.200. The van der Waals surface area contributed by atoms with Gasteiger partial charge in [-0.15, -0.1) is 54.1 Å². The Hall–Kier alpha value is -4.31. The van der Waals surface area contributed by atoms with Crippen LogP contribution < -0.4 is 0 Å². The smallest absolute Gasteiger partial charge is 0.120 e. The van der Waals surface area contributed by atoms with E-state index in [4.69, 9.17) is 9.40 Å². The summed E-state index contributed by atoms with van der Waals surface area (Å²) in [7, 11) is 0. The monoisotopic (exact) mass is 764 g/mol. The van der Waals surface area contributed by atoms with E-state index in [0.717, 1.165) is 50.1 Å². The minimum absolute atomic E-state index is 0. The third kappa shape index (κ3) is 5.24. The van der Waals surface area contributed by atoms with Gasteiger partial charge in [0.2, 0.25) is 0 Å². The third-order valence-corrected chi connectivity index (χ3v) is 9.09. The molecule has 1 radical (unpaired) electrons. The van der Waals surface area contributed by atoms with Gasteiger partial charge in [0.05, 0.1) is 28.0 Å². The van der Waals surface area contributed by atoms with Gasteiger partial charge < -0.3 is 14.0 Å². The fourth-order valence-electron chi connectivity index (χ4n) is 6.92. The molecule has 1 fully saturated rings. The van der Waals surface area contributed by atoms with Crippen LogP contribution in [0.2, 0.25) is 0 Å². The molecule has 1 aliphatic carbocycles. The number of para-hydroxylation sites is 1. The van der Waals surface area contributed by atoms with Crippen molar-refractivity contribution in [2.75, 3.05) is 0 Å². The predicted octanol–water partition coefficient (Wildman–Crippen LogP) is 10.4. The minimum atomic E-state index is -0.0877. The van der Waals surface area contributed by atoms with E-state index in [2.05, 4.69) is 78.0 Å². The molecule has 0 bridgehead atoms. The molecule has 7 aromatic rings. The number of hydrogen-bond donors (Lipinski definition) is 0. The van der Waals surface area contributed by atoms with Gasteiger partial charge in [0.25, 0.3) is 0 Å². The van der Waals surface area contributed by atoms with Gasteiger partial charge in [-0.3, -0.25) is 4.98 Å². The van der Waals surface area contributed by atoms with Crippen molar-refractivity contribution < 1.29 is 24.5 Å². The molecule has 1 saturated carbocycles. The van der Waals surface area contributed by atoms with Crippen LogP contribution in [-0.2, 0) is 25.6 Å². The van der Waals surface area contributed by atoms with E-state index in [1.165, 1.54) is 42.3 Å². The molecule has 4 heterocycles. The molecule has 0 spiro atoms. The summed E-state index contributed by atoms with van der Waals surface area (Å²) in [4.78, 5) is 9.45. The summed E-state index contributed by atoms with van der Waals surface area (Å²) in [6.45, 7) is 4.51. The molecule has 0 saturated heterocycles. The molecular weight excluding hydrogens is 731 g/mol. The molecule has 4 nitrogen and oxygen atoms in total. The zero-order valence-corrected chi connectivity index (χ0v) is 27.8. The Bertz CT molecular complexity index is 2150. The predicted molar refractivity (Wildman–Crippen MR) is 179 cm³/mol. The van der Waals surface area contributed by atoms with Crippen molar-refractivity contribution in [1.82, 2.24) is 14.5 Å². The summed E-state index contributed by atoms with van der Waals surface area (Å²) in [6, 6.07) is 37.4. The van der Waals surface area contributed by atoms with Crippen LogP contribution in [0.1, 0.15) is 56.6 Å². The first kappa shape index (κ1) is 29.4. The number of imidazole rings is 1. The van der Waals surface area contributed by atoms with Crippen molar-refractivity contribution in [1.29, 1.82) is 0 Å². The van der Waals surface area contributed by atoms with Crippen LogP contribution in [0.3, 0.4) is 0 Å². The number of pyridine rings is 1. The zero-order valence-electron chi connectivity index (χ0n) is 25.4. The molecule has 0 amide bonds. The molecule has 0 unspecified atom stereocenters. The summed E-state index contributed by atoms with van der Waals surface area (Å²) in [6.07, 6.45) is 11.7. The number of benzene rings is 4. The SMILES string of the molecule is CC1(C)C=Cc2cc(C3CCCC3)cc3nc(-c4[c-]cccc4)n1c23.[Ir].[c-]1ccc2c(oc3ccccc32)c1-c1ccccn1. The summed E-state index contributed by atoms with van der Waals surface area (Å²) in [5.74, 6) is 1.73. The van der Waals surface area contributed by atoms with Crippen LogP contribution in [0.15, 0.2) is 108 Å². The van der Waals surface area contributed by atoms with Crippen LogP contribution in [0.4, 0.5) is 0 Å². The average Bonchev–Trinajstić information content (AvgIpc) is 3.82. The quantitative estimate of drug-likeness (QED) is 0.168. The molecule has 0 N–H and O–H groups in total. The van der Waals surface area contributed by atoms with Crippen molar-refractivity contribution in [3.63, 3.8) is 0 Å². The number of nitrogens with zero attached hydrogens (tertiary/aromatic N) is 3. The summed E-state index contributed by atoms with van der Waals surface area (Å²) < 4.78 is 8.36. The van der Waals surface area contributed by atoms with Gasteiger partial charge in [-0.25, -0.2) is 0 Å². The average molecular weight is 764 g/mol. The van der Waals surface area contributed by atoms with Crippen molar-refractivity contribution in [2.24, 2.45) is 0 Å². The van der Waals surface area contributed by atoms with Crippen LogP contribution in [0.5, 0.6) is 0 Å². The van der Waals surface area contributed by atoms with Gasteiger partial charge in [-0.05, 0) is 73.7 Å². The van der Waals surface area contributed by atoms with E-state index < -0.39 is 0 Å². The van der Waals surface area contributed by atoms with Crippen LogP contribution in [0, 0.1) is 12.1 Å². The third-order valence-electron chi connectivity index (χ3n) is 9.09. The normalized spacial score (nSPS) is 15.2. The van der Waals surface area contributed by atoms with Crippen LogP contribution in [0.25, 0.3) is 61.7 Å². The van der Waals surface area contributed by atoms with Gasteiger partial charge in [-0.1, -0.05) is 66.3 Å². The first-order valence-electron chi connectivity index (χ1n) is 15.5. The van der Waals surface area contributed by atoms with E-state index >= 15 is 0 Å². The Kier molecular flexibility index (Phi) is 7.77. The Balaban J connectivity index is 0.000000146. The Morgan fingerprint density at radius 1 is 0.867 bits per heavy atom. The topological polar surface area (TPSA) is 43.9 Å². The van der Waals surface area contributed by atoms with Crippen LogP contribution >= 0.6 is 0 Å². The molecule has 1 aliphatic heterocycles. The Morgan fingerprint density at radius 3 is 2.49 bits per heavy atom. The standard InChI is InChI=1S/C23H23N2.C17H10NO.Ir/c1-23(2)13-12-18-14-19(16-8-6-7-9-16)15-20-21(18)25(23)22(24-20)17-10-4-3-5-11-17;1-2-10-16-12(6-1)13-7-5-8-14(17(13)19-16)15-9-3-4-11-18-15;/h3-5,10,12-16H,6-9H2,1-2H3;1-7,9-11H;/q2*-1;. The molecule has 2 aliphatic rings. The number of rotatable bonds is 3. The van der Waals surface area contributed by atoms with Crippen molar-refractivity contribution in [2.45, 2.75) is 51.0 Å². The molecule has 5 heteroatoms. The number of furan rings is 1. The second kappa shape index (κ2) is 11.9. The minimum Gasteiger partial charge on any atom is -0.501 e. The van der Waals surface area contributed by atoms with Gasteiger partial charge in [0.15, 0.2) is 0 Å². The second-order valence-corrected chi connectivity index (χ2v) is 12.4. The molecule has 3 aromatic heterocycles. The summed E-state index contributed by atoms with van der Waals surface area (Å²) in [5, 5.41) is 2.23. The van der Waals surface area contributed by atoms with Crippen LogP contribution in [-0.4, -0.2) is 14.5 Å². The number of aromatic nitrogens is 3. The first-order valence-corrected chi connectivity index (χ1v) is 15.5. The molecule has 45 heavy (non-hydrogen) atoms. The second-order valence-electron chi connectivity index (χ2n) is 12.4. The van der Waals surface area contributed by atoms with Gasteiger partial charge in [0.1, 0.15) is 5.58 Å². The summed E-state index contributed by atoms with van der Waals surface area (Å²) >= 11 is 0. The number of allylic oxidation sites excluding steroid dienone is 1. The molecule has 225 valence electrons.